The number of nitrogens with zero attached hydrogens (tertiary/aromatic N) is 1. The van der Waals surface area contributed by atoms with Crippen LogP contribution in [-0.4, -0.2) is 40.6 Å². The number of aromatic nitrogens is 1. The van der Waals surface area contributed by atoms with E-state index in [9.17, 15) is 9.90 Å². The Balaban J connectivity index is 1.56. The highest BCUT2D eigenvalue weighted by Crippen LogP contribution is 2.43. The predicted octanol–water partition coefficient (Wildman–Crippen LogP) is 5.25. The Bertz CT molecular complexity index is 1110. The van der Waals surface area contributed by atoms with Gasteiger partial charge in [0.15, 0.2) is 0 Å². The van der Waals surface area contributed by atoms with E-state index in [-0.39, 0.29) is 24.5 Å². The molecule has 1 aliphatic carbocycles. The van der Waals surface area contributed by atoms with Gasteiger partial charge in [-0.15, -0.1) is 0 Å². The fourth-order valence-electron chi connectivity index (χ4n) is 6.25. The van der Waals surface area contributed by atoms with Crippen molar-refractivity contribution in [3.63, 3.8) is 0 Å². The minimum absolute atomic E-state index is 0.0777. The number of fused-ring (bicyclic) bond motifs is 4. The van der Waals surface area contributed by atoms with Gasteiger partial charge in [0.1, 0.15) is 0 Å². The van der Waals surface area contributed by atoms with E-state index in [0.717, 1.165) is 49.9 Å². The van der Waals surface area contributed by atoms with Gasteiger partial charge in [-0.1, -0.05) is 55.0 Å². The fourth-order valence-corrected chi connectivity index (χ4v) is 6.25. The maximum atomic E-state index is 12.6. The van der Waals surface area contributed by atoms with Crippen LogP contribution in [0.3, 0.4) is 0 Å². The van der Waals surface area contributed by atoms with E-state index in [2.05, 4.69) is 53.5 Å². The number of rotatable bonds is 4. The van der Waals surface area contributed by atoms with E-state index < -0.39 is 0 Å². The van der Waals surface area contributed by atoms with Crippen LogP contribution < -0.4 is 0 Å². The molecule has 5 nitrogen and oxygen atoms in total. The molecule has 2 N–H and O–H groups in total. The van der Waals surface area contributed by atoms with Crippen molar-refractivity contribution >= 4 is 16.8 Å². The third-order valence-corrected chi connectivity index (χ3v) is 8.08. The summed E-state index contributed by atoms with van der Waals surface area (Å²) in [4.78, 5) is 18.3. The number of ether oxygens (including phenoxy) is 1. The molecule has 0 bridgehead atoms. The van der Waals surface area contributed by atoms with Crippen molar-refractivity contribution < 1.29 is 14.6 Å². The fraction of sp³-hybridized carbons (Fsp3) is 0.483. The first-order valence-electron chi connectivity index (χ1n) is 12.8. The van der Waals surface area contributed by atoms with E-state index in [1.807, 2.05) is 11.0 Å². The van der Waals surface area contributed by atoms with E-state index in [1.54, 1.807) is 6.92 Å². The van der Waals surface area contributed by atoms with E-state index in [1.165, 1.54) is 16.5 Å². The standard InChI is InChI=1S/C29H36N2O3/c1-20(33)31-15-14-25-24-12-5-6-13-27(24)30-29(25)28(34-19-21-8-3-2-4-9-21)16-26-22(17-31)10-7-11-23(26)18-32/h2-6,8-9,12-13,22-23,26,28,30,32H,7,10-11,14-19H2,1H3/t22-,23+,26-,28+/m0/s1. The Labute approximate surface area is 202 Å². The Hall–Kier alpha value is -2.63. The molecule has 2 aromatic carbocycles. The minimum Gasteiger partial charge on any atom is -0.396 e. The molecular formula is C29H36N2O3. The molecule has 2 heterocycles. The van der Waals surface area contributed by atoms with Crippen molar-refractivity contribution in [2.24, 2.45) is 17.8 Å². The predicted molar refractivity (Wildman–Crippen MR) is 134 cm³/mol. The minimum atomic E-state index is -0.0777. The number of para-hydroxylation sites is 1. The largest absolute Gasteiger partial charge is 0.396 e. The molecule has 1 aliphatic heterocycles. The van der Waals surface area contributed by atoms with Crippen molar-refractivity contribution in [1.29, 1.82) is 0 Å². The highest BCUT2D eigenvalue weighted by molar-refractivity contribution is 5.85. The molecule has 0 saturated heterocycles. The maximum absolute atomic E-state index is 12.6. The second-order valence-electron chi connectivity index (χ2n) is 10.1. The zero-order chi connectivity index (χ0) is 23.5. The molecule has 3 aromatic rings. The topological polar surface area (TPSA) is 65.6 Å². The van der Waals surface area contributed by atoms with Gasteiger partial charge in [0.05, 0.1) is 12.7 Å². The monoisotopic (exact) mass is 460 g/mol. The third kappa shape index (κ3) is 4.77. The Morgan fingerprint density at radius 3 is 2.71 bits per heavy atom. The molecule has 1 fully saturated rings. The lowest BCUT2D eigenvalue weighted by atomic mass is 9.69. The summed E-state index contributed by atoms with van der Waals surface area (Å²) in [6.45, 7) is 3.94. The molecule has 5 rings (SSSR count). The van der Waals surface area contributed by atoms with Gasteiger partial charge in [-0.3, -0.25) is 4.79 Å². The van der Waals surface area contributed by atoms with Gasteiger partial charge < -0.3 is 19.7 Å². The van der Waals surface area contributed by atoms with Gasteiger partial charge >= 0.3 is 0 Å². The van der Waals surface area contributed by atoms with Crippen LogP contribution in [0.4, 0.5) is 0 Å². The molecule has 0 unspecified atom stereocenters. The number of carbonyl (C=O) groups is 1. The van der Waals surface area contributed by atoms with Crippen molar-refractivity contribution in [3.05, 3.63) is 71.4 Å². The normalized spacial score (nSPS) is 25.5. The van der Waals surface area contributed by atoms with Crippen molar-refractivity contribution in [2.45, 2.75) is 51.7 Å². The smallest absolute Gasteiger partial charge is 0.219 e. The van der Waals surface area contributed by atoms with Crippen LogP contribution in [0.2, 0.25) is 0 Å². The van der Waals surface area contributed by atoms with Gasteiger partial charge in [-0.25, -0.2) is 0 Å². The molecular weight excluding hydrogens is 424 g/mol. The van der Waals surface area contributed by atoms with E-state index >= 15 is 0 Å². The lowest BCUT2D eigenvalue weighted by molar-refractivity contribution is -0.130. The zero-order valence-corrected chi connectivity index (χ0v) is 20.1. The number of aliphatic hydroxyl groups excluding tert-OH is 1. The molecule has 4 atom stereocenters. The Kier molecular flexibility index (Phi) is 7.02. The highest BCUT2D eigenvalue weighted by Gasteiger charge is 2.38. The average Bonchev–Trinajstić information content (AvgIpc) is 3.23. The summed E-state index contributed by atoms with van der Waals surface area (Å²) in [6, 6.07) is 18.8. The number of H-pyrrole nitrogens is 1. The molecule has 5 heteroatoms. The Morgan fingerprint density at radius 2 is 1.91 bits per heavy atom. The number of aromatic amines is 1. The number of carbonyl (C=O) groups excluding carboxylic acids is 1. The van der Waals surface area contributed by atoms with Crippen LogP contribution >= 0.6 is 0 Å². The summed E-state index contributed by atoms with van der Waals surface area (Å²) in [5.74, 6) is 1.11. The first kappa shape index (κ1) is 23.1. The second-order valence-corrected chi connectivity index (χ2v) is 10.1. The van der Waals surface area contributed by atoms with Gasteiger partial charge in [0.25, 0.3) is 0 Å². The number of amides is 1. The van der Waals surface area contributed by atoms with Crippen LogP contribution in [0.15, 0.2) is 54.6 Å². The van der Waals surface area contributed by atoms with Crippen LogP contribution in [0.25, 0.3) is 10.9 Å². The third-order valence-electron chi connectivity index (χ3n) is 8.08. The number of hydrogen-bond acceptors (Lipinski definition) is 3. The van der Waals surface area contributed by atoms with Gasteiger partial charge in [0.2, 0.25) is 5.91 Å². The zero-order valence-electron chi connectivity index (χ0n) is 20.1. The second kappa shape index (κ2) is 10.3. The molecule has 1 saturated carbocycles. The summed E-state index contributed by atoms with van der Waals surface area (Å²) in [7, 11) is 0. The summed E-state index contributed by atoms with van der Waals surface area (Å²) >= 11 is 0. The van der Waals surface area contributed by atoms with Crippen LogP contribution in [0, 0.1) is 17.8 Å². The number of hydrogen-bond donors (Lipinski definition) is 2. The number of nitrogens with one attached hydrogen (secondary N) is 1. The lowest BCUT2D eigenvalue weighted by Crippen LogP contribution is -2.42. The summed E-state index contributed by atoms with van der Waals surface area (Å²) < 4.78 is 6.68. The molecule has 0 spiro atoms. The molecule has 34 heavy (non-hydrogen) atoms. The molecule has 1 amide bonds. The molecule has 180 valence electrons. The summed E-state index contributed by atoms with van der Waals surface area (Å²) in [5.41, 5.74) is 4.69. The van der Waals surface area contributed by atoms with Crippen molar-refractivity contribution in [1.82, 2.24) is 9.88 Å². The van der Waals surface area contributed by atoms with Crippen molar-refractivity contribution in [3.8, 4) is 0 Å². The van der Waals surface area contributed by atoms with E-state index in [0.29, 0.717) is 25.0 Å². The number of benzene rings is 2. The molecule has 2 aliphatic rings. The van der Waals surface area contributed by atoms with Crippen LogP contribution in [0.5, 0.6) is 0 Å². The lowest BCUT2D eigenvalue weighted by Gasteiger charge is -2.42. The molecule has 1 aromatic heterocycles. The van der Waals surface area contributed by atoms with E-state index in [4.69, 9.17) is 4.74 Å². The SMILES string of the molecule is CC(=O)N1CCc2c([nH]c3ccccc23)[C@H](OCc2ccccc2)C[C@@H]2[C@@H](CO)CCC[C@H]2C1. The first-order chi connectivity index (χ1) is 16.6. The van der Waals surface area contributed by atoms with Gasteiger partial charge in [0, 0.05) is 43.2 Å². The van der Waals surface area contributed by atoms with Gasteiger partial charge in [-0.2, -0.15) is 0 Å². The van der Waals surface area contributed by atoms with Crippen LogP contribution in [0.1, 0.15) is 55.5 Å². The Morgan fingerprint density at radius 1 is 1.12 bits per heavy atom. The van der Waals surface area contributed by atoms with Crippen molar-refractivity contribution in [2.75, 3.05) is 19.7 Å². The highest BCUT2D eigenvalue weighted by atomic mass is 16.5. The number of aliphatic hydroxyl groups is 1. The quantitative estimate of drug-likeness (QED) is 0.559. The first-order valence-corrected chi connectivity index (χ1v) is 12.8. The summed E-state index contributed by atoms with van der Waals surface area (Å²) in [6.07, 6.45) is 4.86. The maximum Gasteiger partial charge on any atom is 0.219 e. The molecule has 0 radical (unpaired) electrons. The average molecular weight is 461 g/mol. The van der Waals surface area contributed by atoms with Crippen LogP contribution in [-0.2, 0) is 22.6 Å². The summed E-state index contributed by atoms with van der Waals surface area (Å²) in [5, 5.41) is 11.5. The van der Waals surface area contributed by atoms with Gasteiger partial charge in [-0.05, 0) is 60.6 Å².